The molecule has 3 heteroatoms. The average molecular weight is 408 g/mol. The second kappa shape index (κ2) is 16.1. The molecule has 29 heavy (non-hydrogen) atoms. The monoisotopic (exact) mass is 407 g/mol. The van der Waals surface area contributed by atoms with Crippen LogP contribution in [0.5, 0.6) is 0 Å². The second-order valence-corrected chi connectivity index (χ2v) is 10.4. The van der Waals surface area contributed by atoms with Crippen LogP contribution in [0.25, 0.3) is 0 Å². The average Bonchev–Trinajstić information content (AvgIpc) is 2.60. The first-order valence-electron chi connectivity index (χ1n) is 12.4. The molecule has 2 unspecified atom stereocenters. The van der Waals surface area contributed by atoms with E-state index in [4.69, 9.17) is 9.98 Å². The maximum absolute atomic E-state index is 5.03. The van der Waals surface area contributed by atoms with E-state index >= 15 is 0 Å². The summed E-state index contributed by atoms with van der Waals surface area (Å²) in [6.07, 6.45) is 7.02. The fourth-order valence-electron chi connectivity index (χ4n) is 3.32. The third-order valence-electron chi connectivity index (χ3n) is 5.54. The van der Waals surface area contributed by atoms with Crippen molar-refractivity contribution in [3.05, 3.63) is 0 Å². The van der Waals surface area contributed by atoms with E-state index in [9.17, 15) is 0 Å². The highest BCUT2D eigenvalue weighted by atomic mass is 14.9. The number of hydrogen-bond donors (Lipinski definition) is 1. The first kappa shape index (κ1) is 28.3. The summed E-state index contributed by atoms with van der Waals surface area (Å²) < 4.78 is 0. The highest BCUT2D eigenvalue weighted by molar-refractivity contribution is 5.86. The molecule has 0 heterocycles. The molecule has 0 rings (SSSR count). The summed E-state index contributed by atoms with van der Waals surface area (Å²) in [6, 6.07) is 0.817. The van der Waals surface area contributed by atoms with Crippen LogP contribution in [0.1, 0.15) is 108 Å². The Balaban J connectivity index is 4.28. The van der Waals surface area contributed by atoms with Crippen molar-refractivity contribution in [3.8, 4) is 0 Å². The van der Waals surface area contributed by atoms with Crippen LogP contribution in [0.4, 0.5) is 0 Å². The smallest absolute Gasteiger partial charge is 0.0483 e. The first-order valence-corrected chi connectivity index (χ1v) is 12.4. The van der Waals surface area contributed by atoms with E-state index in [0.29, 0.717) is 23.9 Å². The van der Waals surface area contributed by atoms with Gasteiger partial charge < -0.3 is 5.32 Å². The Labute approximate surface area is 183 Å². The zero-order valence-electron chi connectivity index (χ0n) is 21.5. The van der Waals surface area contributed by atoms with Crippen LogP contribution in [0.3, 0.4) is 0 Å². The fourth-order valence-corrected chi connectivity index (χ4v) is 3.32. The molecule has 0 bridgehead atoms. The predicted molar refractivity (Wildman–Crippen MR) is 134 cm³/mol. The number of nitrogens with one attached hydrogen (secondary N) is 1. The lowest BCUT2D eigenvalue weighted by molar-refractivity contribution is 0.545. The largest absolute Gasteiger partial charge is 0.317 e. The highest BCUT2D eigenvalue weighted by Crippen LogP contribution is 2.14. The Morgan fingerprint density at radius 3 is 1.17 bits per heavy atom. The Kier molecular flexibility index (Phi) is 15.7. The maximum atomic E-state index is 5.03. The Hall–Kier alpha value is -0.700. The van der Waals surface area contributed by atoms with Gasteiger partial charge in [-0.15, -0.1) is 0 Å². The van der Waals surface area contributed by atoms with E-state index in [1.54, 1.807) is 0 Å². The minimum atomic E-state index is 0.408. The van der Waals surface area contributed by atoms with Gasteiger partial charge in [0.15, 0.2) is 0 Å². The zero-order chi connectivity index (χ0) is 22.4. The molecule has 0 spiro atoms. The zero-order valence-corrected chi connectivity index (χ0v) is 21.5. The molecule has 0 aliphatic heterocycles. The van der Waals surface area contributed by atoms with Crippen LogP contribution >= 0.6 is 0 Å². The van der Waals surface area contributed by atoms with E-state index in [1.807, 2.05) is 0 Å². The lowest BCUT2D eigenvalue weighted by atomic mass is 9.98. The standard InChI is InChI=1S/C26H53N3/c1-19(2)11-13-25(21(5)6)28-23(9)15-17-27-18-16-24(10)29-26(22(7)8)14-12-20(3)4/h19-24,27H,11-18H2,1-10H3. The van der Waals surface area contributed by atoms with Crippen molar-refractivity contribution >= 4 is 11.4 Å². The summed E-state index contributed by atoms with van der Waals surface area (Å²) >= 11 is 0. The van der Waals surface area contributed by atoms with Gasteiger partial charge in [-0.3, -0.25) is 9.98 Å². The van der Waals surface area contributed by atoms with Gasteiger partial charge in [-0.1, -0.05) is 55.4 Å². The number of hydrogen-bond acceptors (Lipinski definition) is 3. The molecule has 0 saturated carbocycles. The van der Waals surface area contributed by atoms with Gasteiger partial charge in [-0.05, 0) is 89.1 Å². The molecule has 0 aromatic heterocycles. The molecule has 172 valence electrons. The second-order valence-electron chi connectivity index (χ2n) is 10.4. The summed E-state index contributed by atoms with van der Waals surface area (Å²) in [5.41, 5.74) is 2.80. The van der Waals surface area contributed by atoms with E-state index in [2.05, 4.69) is 74.6 Å². The Morgan fingerprint density at radius 2 is 0.897 bits per heavy atom. The molecule has 0 radical (unpaired) electrons. The van der Waals surface area contributed by atoms with Gasteiger partial charge in [0, 0.05) is 23.5 Å². The SMILES string of the molecule is CC(C)CCC(=NC(C)CCNCCC(C)N=C(CCC(C)C)C(C)C)C(C)C. The molecule has 0 fully saturated rings. The topological polar surface area (TPSA) is 36.8 Å². The number of nitrogens with zero attached hydrogens (tertiary/aromatic N) is 2. The molecular weight excluding hydrogens is 354 g/mol. The van der Waals surface area contributed by atoms with Gasteiger partial charge in [0.05, 0.1) is 0 Å². The van der Waals surface area contributed by atoms with Crippen LogP contribution in [0.15, 0.2) is 9.98 Å². The van der Waals surface area contributed by atoms with Crippen molar-refractivity contribution in [3.63, 3.8) is 0 Å². The van der Waals surface area contributed by atoms with E-state index in [0.717, 1.165) is 50.6 Å². The van der Waals surface area contributed by atoms with Crippen LogP contribution < -0.4 is 5.32 Å². The summed E-state index contributed by atoms with van der Waals surface area (Å²) in [5.74, 6) is 2.63. The van der Waals surface area contributed by atoms with Crippen molar-refractivity contribution < 1.29 is 0 Å². The molecule has 0 aliphatic rings. The summed E-state index contributed by atoms with van der Waals surface area (Å²) in [5, 5.41) is 3.61. The highest BCUT2D eigenvalue weighted by Gasteiger charge is 2.10. The van der Waals surface area contributed by atoms with Gasteiger partial charge in [-0.2, -0.15) is 0 Å². The molecule has 3 nitrogen and oxygen atoms in total. The van der Waals surface area contributed by atoms with Crippen molar-refractivity contribution in [1.29, 1.82) is 0 Å². The molecule has 0 aromatic carbocycles. The van der Waals surface area contributed by atoms with Crippen molar-refractivity contribution in [2.75, 3.05) is 13.1 Å². The molecule has 0 aliphatic carbocycles. The van der Waals surface area contributed by atoms with Crippen LogP contribution in [-0.2, 0) is 0 Å². The maximum Gasteiger partial charge on any atom is 0.0483 e. The first-order chi connectivity index (χ1) is 13.5. The minimum absolute atomic E-state index is 0.408. The third kappa shape index (κ3) is 15.8. The molecular formula is C26H53N3. The van der Waals surface area contributed by atoms with E-state index in [-0.39, 0.29) is 0 Å². The lowest BCUT2D eigenvalue weighted by Crippen LogP contribution is -2.23. The summed E-state index contributed by atoms with van der Waals surface area (Å²) in [6.45, 7) is 24.9. The quantitative estimate of drug-likeness (QED) is 0.213. The van der Waals surface area contributed by atoms with Crippen molar-refractivity contribution in [1.82, 2.24) is 5.32 Å². The van der Waals surface area contributed by atoms with Crippen molar-refractivity contribution in [2.24, 2.45) is 33.7 Å². The van der Waals surface area contributed by atoms with Crippen LogP contribution in [-0.4, -0.2) is 36.6 Å². The van der Waals surface area contributed by atoms with Crippen LogP contribution in [0, 0.1) is 23.7 Å². The van der Waals surface area contributed by atoms with Gasteiger partial charge in [0.2, 0.25) is 0 Å². The molecule has 0 saturated heterocycles. The lowest BCUT2D eigenvalue weighted by Gasteiger charge is -2.17. The molecule has 2 atom stereocenters. The van der Waals surface area contributed by atoms with Gasteiger partial charge in [0.1, 0.15) is 0 Å². The normalized spacial score (nSPS) is 15.8. The molecule has 1 N–H and O–H groups in total. The number of aliphatic imine (C=N–C) groups is 2. The van der Waals surface area contributed by atoms with Crippen LogP contribution in [0.2, 0.25) is 0 Å². The Bertz CT molecular complexity index is 419. The number of rotatable bonds is 16. The summed E-state index contributed by atoms with van der Waals surface area (Å²) in [4.78, 5) is 10.1. The summed E-state index contributed by atoms with van der Waals surface area (Å²) in [7, 11) is 0. The Morgan fingerprint density at radius 1 is 0.552 bits per heavy atom. The molecule has 0 amide bonds. The van der Waals surface area contributed by atoms with Gasteiger partial charge in [-0.25, -0.2) is 0 Å². The fraction of sp³-hybridized carbons (Fsp3) is 0.923. The molecule has 0 aromatic rings. The van der Waals surface area contributed by atoms with Gasteiger partial charge in [0.25, 0.3) is 0 Å². The minimum Gasteiger partial charge on any atom is -0.317 e. The third-order valence-corrected chi connectivity index (χ3v) is 5.54. The predicted octanol–water partition coefficient (Wildman–Crippen LogP) is 7.20. The van der Waals surface area contributed by atoms with E-state index in [1.165, 1.54) is 24.3 Å². The van der Waals surface area contributed by atoms with E-state index < -0.39 is 0 Å². The van der Waals surface area contributed by atoms with Gasteiger partial charge >= 0.3 is 0 Å². The van der Waals surface area contributed by atoms with Crippen molar-refractivity contribution in [2.45, 2.75) is 120 Å².